The molecule has 1 aromatic heterocycles. The van der Waals surface area contributed by atoms with Crippen LogP contribution in [0.3, 0.4) is 0 Å². The van der Waals surface area contributed by atoms with Crippen LogP contribution in [0.25, 0.3) is 10.9 Å². The van der Waals surface area contributed by atoms with Crippen LogP contribution in [0.1, 0.15) is 19.0 Å². The van der Waals surface area contributed by atoms with Gasteiger partial charge in [-0.15, -0.1) is 0 Å². The van der Waals surface area contributed by atoms with Gasteiger partial charge < -0.3 is 5.11 Å². The first kappa shape index (κ1) is 15.3. The molecule has 1 fully saturated rings. The van der Waals surface area contributed by atoms with Gasteiger partial charge in [-0.1, -0.05) is 25.1 Å². The van der Waals surface area contributed by atoms with E-state index in [0.29, 0.717) is 16.9 Å². The molecule has 5 heteroatoms. The van der Waals surface area contributed by atoms with Crippen LogP contribution in [-0.4, -0.2) is 43.0 Å². The van der Waals surface area contributed by atoms with Crippen molar-refractivity contribution < 1.29 is 5.11 Å². The number of aromatic nitrogens is 2. The topological polar surface area (TPSA) is 38.1 Å². The monoisotopic (exact) mass is 322 g/mol. The van der Waals surface area contributed by atoms with E-state index in [1.54, 1.807) is 0 Å². The van der Waals surface area contributed by atoms with E-state index in [1.807, 2.05) is 47.4 Å². The minimum absolute atomic E-state index is 0.314. The molecule has 1 saturated heterocycles. The smallest absolute Gasteiger partial charge is 0.0729 e. The Kier molecular flexibility index (Phi) is 4.82. The zero-order valence-electron chi connectivity index (χ0n) is 12.5. The molecule has 3 nitrogen and oxygen atoms in total. The van der Waals surface area contributed by atoms with Crippen molar-refractivity contribution in [2.75, 3.05) is 11.5 Å². The highest BCUT2D eigenvalue weighted by molar-refractivity contribution is 8.07. The Morgan fingerprint density at radius 3 is 2.90 bits per heavy atom. The molecule has 1 aromatic carbocycles. The molecule has 3 atom stereocenters. The summed E-state index contributed by atoms with van der Waals surface area (Å²) in [5, 5.41) is 17.4. The zero-order chi connectivity index (χ0) is 14.8. The van der Waals surface area contributed by atoms with Gasteiger partial charge in [0.2, 0.25) is 0 Å². The second-order valence-corrected chi connectivity index (χ2v) is 8.14. The summed E-state index contributed by atoms with van der Waals surface area (Å²) in [6.45, 7) is 2.22. The van der Waals surface area contributed by atoms with Gasteiger partial charge in [-0.25, -0.2) is 0 Å². The Morgan fingerprint density at radius 1 is 1.33 bits per heavy atom. The third-order valence-electron chi connectivity index (χ3n) is 4.11. The zero-order valence-corrected chi connectivity index (χ0v) is 14.2. The van der Waals surface area contributed by atoms with E-state index in [-0.39, 0.29) is 6.10 Å². The summed E-state index contributed by atoms with van der Waals surface area (Å²) < 4.78 is 1.91. The normalized spacial score (nSPS) is 24.3. The molecule has 2 heterocycles. The number of nitrogens with zero attached hydrogens (tertiary/aromatic N) is 2. The summed E-state index contributed by atoms with van der Waals surface area (Å²) in [6.07, 6.45) is 1.46. The van der Waals surface area contributed by atoms with Crippen LogP contribution in [0.5, 0.6) is 0 Å². The molecule has 0 saturated carbocycles. The summed E-state index contributed by atoms with van der Waals surface area (Å²) in [5.74, 6) is 2.35. The minimum atomic E-state index is -0.314. The third-order valence-corrected chi connectivity index (χ3v) is 7.50. The Hall–Kier alpha value is -0.650. The molecule has 2 aromatic rings. The number of hydrogen-bond donors (Lipinski definition) is 1. The van der Waals surface area contributed by atoms with E-state index in [2.05, 4.69) is 24.2 Å². The van der Waals surface area contributed by atoms with Crippen molar-refractivity contribution in [2.24, 2.45) is 7.05 Å². The first-order valence-corrected chi connectivity index (χ1v) is 9.62. The van der Waals surface area contributed by atoms with Gasteiger partial charge in [-0.2, -0.15) is 28.6 Å². The average molecular weight is 322 g/mol. The van der Waals surface area contributed by atoms with E-state index in [4.69, 9.17) is 0 Å². The summed E-state index contributed by atoms with van der Waals surface area (Å²) in [5.41, 5.74) is 2.16. The number of rotatable bonds is 4. The molecule has 114 valence electrons. The quantitative estimate of drug-likeness (QED) is 0.939. The Labute approximate surface area is 134 Å². The Balaban J connectivity index is 1.81. The lowest BCUT2D eigenvalue weighted by molar-refractivity contribution is 0.168. The van der Waals surface area contributed by atoms with E-state index < -0.39 is 0 Å². The van der Waals surface area contributed by atoms with Crippen LogP contribution in [0.4, 0.5) is 0 Å². The van der Waals surface area contributed by atoms with Gasteiger partial charge in [0, 0.05) is 40.9 Å². The van der Waals surface area contributed by atoms with Gasteiger partial charge in [0.15, 0.2) is 0 Å². The van der Waals surface area contributed by atoms with Crippen molar-refractivity contribution in [1.29, 1.82) is 0 Å². The molecule has 1 aliphatic rings. The van der Waals surface area contributed by atoms with Crippen molar-refractivity contribution in [3.63, 3.8) is 0 Å². The van der Waals surface area contributed by atoms with E-state index in [9.17, 15) is 5.11 Å². The van der Waals surface area contributed by atoms with E-state index in [0.717, 1.165) is 23.4 Å². The molecule has 0 radical (unpaired) electrons. The lowest BCUT2D eigenvalue weighted by Gasteiger charge is -2.33. The van der Waals surface area contributed by atoms with Gasteiger partial charge in [0.25, 0.3) is 0 Å². The molecule has 0 aliphatic carbocycles. The Bertz CT molecular complexity index is 613. The van der Waals surface area contributed by atoms with Crippen LogP contribution >= 0.6 is 23.5 Å². The molecule has 3 unspecified atom stereocenters. The summed E-state index contributed by atoms with van der Waals surface area (Å²) in [6, 6.07) is 8.26. The highest BCUT2D eigenvalue weighted by Gasteiger charge is 2.31. The van der Waals surface area contributed by atoms with Gasteiger partial charge in [-0.3, -0.25) is 4.68 Å². The van der Waals surface area contributed by atoms with Crippen LogP contribution < -0.4 is 0 Å². The highest BCUT2D eigenvalue weighted by atomic mass is 32.2. The second kappa shape index (κ2) is 6.63. The van der Waals surface area contributed by atoms with Crippen LogP contribution in [0, 0.1) is 0 Å². The fourth-order valence-corrected chi connectivity index (χ4v) is 6.20. The number of aryl methyl sites for hydroxylation is 1. The number of benzene rings is 1. The Morgan fingerprint density at radius 2 is 2.10 bits per heavy atom. The summed E-state index contributed by atoms with van der Waals surface area (Å²) in [7, 11) is 1.97. The SMILES string of the molecule is CCC1SCCSC1C(O)Cc1nn(C)c2ccccc12. The maximum atomic E-state index is 10.7. The van der Waals surface area contributed by atoms with Crippen LogP contribution in [0.2, 0.25) is 0 Å². The lowest BCUT2D eigenvalue weighted by Crippen LogP contribution is -2.37. The highest BCUT2D eigenvalue weighted by Crippen LogP contribution is 2.36. The number of hydrogen-bond acceptors (Lipinski definition) is 4. The maximum Gasteiger partial charge on any atom is 0.0729 e. The van der Waals surface area contributed by atoms with Gasteiger partial charge >= 0.3 is 0 Å². The molecule has 3 rings (SSSR count). The number of aliphatic hydroxyl groups excluding tert-OH is 1. The second-order valence-electron chi connectivity index (χ2n) is 5.51. The average Bonchev–Trinajstić information content (AvgIpc) is 2.84. The molecular formula is C16H22N2OS2. The third kappa shape index (κ3) is 3.10. The molecule has 0 spiro atoms. The van der Waals surface area contributed by atoms with Crippen LogP contribution in [-0.2, 0) is 13.5 Å². The van der Waals surface area contributed by atoms with E-state index >= 15 is 0 Å². The van der Waals surface area contributed by atoms with Crippen molar-refractivity contribution >= 4 is 34.4 Å². The predicted octanol–water partition coefficient (Wildman–Crippen LogP) is 3.10. The summed E-state index contributed by atoms with van der Waals surface area (Å²) >= 11 is 3.94. The van der Waals surface area contributed by atoms with Crippen molar-refractivity contribution in [3.05, 3.63) is 30.0 Å². The molecule has 1 aliphatic heterocycles. The first-order valence-electron chi connectivity index (χ1n) is 7.52. The molecule has 1 N–H and O–H groups in total. The van der Waals surface area contributed by atoms with E-state index in [1.165, 1.54) is 11.1 Å². The van der Waals surface area contributed by atoms with Gasteiger partial charge in [0.1, 0.15) is 0 Å². The maximum absolute atomic E-state index is 10.7. The fourth-order valence-electron chi connectivity index (χ4n) is 3.05. The van der Waals surface area contributed by atoms with Crippen molar-refractivity contribution in [2.45, 2.75) is 36.4 Å². The van der Waals surface area contributed by atoms with Gasteiger partial charge in [0.05, 0.1) is 17.3 Å². The molecule has 21 heavy (non-hydrogen) atoms. The standard InChI is InChI=1S/C16H22N2OS2/c1-3-15-16(21-9-8-20-15)14(19)10-12-11-6-4-5-7-13(11)18(2)17-12/h4-7,14-16,19H,3,8-10H2,1-2H3. The molecular weight excluding hydrogens is 300 g/mol. The summed E-state index contributed by atoms with van der Waals surface area (Å²) in [4.78, 5) is 0. The van der Waals surface area contributed by atoms with Gasteiger partial charge in [-0.05, 0) is 12.5 Å². The predicted molar refractivity (Wildman–Crippen MR) is 93.2 cm³/mol. The first-order chi connectivity index (χ1) is 10.2. The minimum Gasteiger partial charge on any atom is -0.392 e. The number of para-hydroxylation sites is 1. The van der Waals surface area contributed by atoms with Crippen molar-refractivity contribution in [3.8, 4) is 0 Å². The lowest BCUT2D eigenvalue weighted by atomic mass is 10.0. The molecule has 0 bridgehead atoms. The number of fused-ring (bicyclic) bond motifs is 1. The van der Waals surface area contributed by atoms with Crippen molar-refractivity contribution in [1.82, 2.24) is 9.78 Å². The molecule has 0 amide bonds. The fraction of sp³-hybridized carbons (Fsp3) is 0.562. The van der Waals surface area contributed by atoms with Crippen LogP contribution in [0.15, 0.2) is 24.3 Å². The number of aliphatic hydroxyl groups is 1. The largest absolute Gasteiger partial charge is 0.392 e. The number of thioether (sulfide) groups is 2.